The maximum Gasteiger partial charge on any atom is 0.496 e. The van der Waals surface area contributed by atoms with Crippen molar-refractivity contribution in [3.63, 3.8) is 0 Å². The minimum atomic E-state index is -0.493. The van der Waals surface area contributed by atoms with E-state index in [4.69, 9.17) is 25.6 Å². The second kappa shape index (κ2) is 7.57. The van der Waals surface area contributed by atoms with E-state index < -0.39 is 18.3 Å². The molecule has 1 fully saturated rings. The lowest BCUT2D eigenvalue weighted by molar-refractivity contribution is 0.00578. The first-order valence-electron chi connectivity index (χ1n) is 9.34. The molecule has 1 aliphatic heterocycles. The molecule has 2 rings (SSSR count). The topological polar surface area (TPSA) is 27.7 Å². The number of hydrogen-bond acceptors (Lipinski definition) is 3. The summed E-state index contributed by atoms with van der Waals surface area (Å²) in [6.45, 7) is 16.9. The lowest BCUT2D eigenvalue weighted by atomic mass is 9.77. The number of rotatable bonds is 5. The van der Waals surface area contributed by atoms with Crippen LogP contribution in [0.5, 0.6) is 0 Å². The predicted molar refractivity (Wildman–Crippen MR) is 111 cm³/mol. The van der Waals surface area contributed by atoms with Gasteiger partial charge in [0.1, 0.15) is 5.76 Å². The average molecular weight is 379 g/mol. The highest BCUT2D eigenvalue weighted by atomic mass is 35.5. The smallest absolute Gasteiger partial charge is 0.496 e. The van der Waals surface area contributed by atoms with Gasteiger partial charge in [0, 0.05) is 16.0 Å². The molecule has 0 spiro atoms. The monoisotopic (exact) mass is 378 g/mol. The second-order valence-electron chi connectivity index (χ2n) is 8.62. The molecule has 1 aromatic rings. The van der Waals surface area contributed by atoms with Gasteiger partial charge < -0.3 is 14.0 Å². The summed E-state index contributed by atoms with van der Waals surface area (Å²) in [5, 5.41) is 0.637. The SMILES string of the molecule is COC(=C(C(C)C)C(C)C)c1ccc(Cl)c(B2OC(C)(C)C(C)(C)O2)c1. The van der Waals surface area contributed by atoms with Crippen LogP contribution in [0.2, 0.25) is 5.02 Å². The third-order valence-electron chi connectivity index (χ3n) is 5.48. The average Bonchev–Trinajstić information content (AvgIpc) is 2.72. The molecular formula is C21H32BClO3. The molecule has 3 nitrogen and oxygen atoms in total. The van der Waals surface area contributed by atoms with Crippen molar-refractivity contribution in [2.24, 2.45) is 11.8 Å². The molecule has 5 heteroatoms. The molecule has 0 atom stereocenters. The summed E-state index contributed by atoms with van der Waals surface area (Å²) >= 11 is 6.50. The second-order valence-corrected chi connectivity index (χ2v) is 9.03. The van der Waals surface area contributed by atoms with Crippen LogP contribution >= 0.6 is 11.6 Å². The highest BCUT2D eigenvalue weighted by molar-refractivity contribution is 6.65. The van der Waals surface area contributed by atoms with Gasteiger partial charge in [-0.2, -0.15) is 0 Å². The maximum absolute atomic E-state index is 6.50. The Morgan fingerprint density at radius 2 is 1.50 bits per heavy atom. The first kappa shape index (κ1) is 21.3. The number of ether oxygens (including phenoxy) is 1. The van der Waals surface area contributed by atoms with Crippen molar-refractivity contribution in [3.8, 4) is 0 Å². The van der Waals surface area contributed by atoms with Gasteiger partial charge in [0.25, 0.3) is 0 Å². The van der Waals surface area contributed by atoms with Crippen LogP contribution < -0.4 is 5.46 Å². The quantitative estimate of drug-likeness (QED) is 0.513. The van der Waals surface area contributed by atoms with Gasteiger partial charge in [-0.3, -0.25) is 0 Å². The van der Waals surface area contributed by atoms with Crippen LogP contribution in [-0.4, -0.2) is 25.4 Å². The Bertz CT molecular complexity index is 666. The van der Waals surface area contributed by atoms with E-state index in [0.717, 1.165) is 16.8 Å². The molecule has 144 valence electrons. The van der Waals surface area contributed by atoms with Crippen molar-refractivity contribution >= 4 is 29.9 Å². The van der Waals surface area contributed by atoms with Crippen LogP contribution in [0.25, 0.3) is 5.76 Å². The Kier molecular flexibility index (Phi) is 6.22. The van der Waals surface area contributed by atoms with Crippen molar-refractivity contribution < 1.29 is 14.0 Å². The third kappa shape index (κ3) is 3.98. The van der Waals surface area contributed by atoms with Crippen LogP contribution in [0.3, 0.4) is 0 Å². The third-order valence-corrected chi connectivity index (χ3v) is 5.82. The van der Waals surface area contributed by atoms with Crippen molar-refractivity contribution in [3.05, 3.63) is 34.4 Å². The molecule has 0 unspecified atom stereocenters. The lowest BCUT2D eigenvalue weighted by Crippen LogP contribution is -2.41. The van der Waals surface area contributed by atoms with Crippen molar-refractivity contribution in [1.29, 1.82) is 0 Å². The zero-order valence-electron chi connectivity index (χ0n) is 17.6. The summed E-state index contributed by atoms with van der Waals surface area (Å²) in [5.41, 5.74) is 2.31. The molecule has 1 heterocycles. The minimum absolute atomic E-state index is 0.390. The summed E-state index contributed by atoms with van der Waals surface area (Å²) < 4.78 is 18.2. The molecule has 0 N–H and O–H groups in total. The first-order valence-corrected chi connectivity index (χ1v) is 9.72. The van der Waals surface area contributed by atoms with Gasteiger partial charge in [-0.1, -0.05) is 45.4 Å². The van der Waals surface area contributed by atoms with E-state index in [1.54, 1.807) is 7.11 Å². The minimum Gasteiger partial charge on any atom is -0.496 e. The van der Waals surface area contributed by atoms with Crippen molar-refractivity contribution in [2.75, 3.05) is 7.11 Å². The molecule has 0 aliphatic carbocycles. The number of methoxy groups -OCH3 is 1. The summed E-state index contributed by atoms with van der Waals surface area (Å²) in [7, 11) is 1.23. The summed E-state index contributed by atoms with van der Waals surface area (Å²) in [5.74, 6) is 1.69. The fraction of sp³-hybridized carbons (Fsp3) is 0.619. The number of hydrogen-bond donors (Lipinski definition) is 0. The van der Waals surface area contributed by atoms with Crippen molar-refractivity contribution in [1.82, 2.24) is 0 Å². The van der Waals surface area contributed by atoms with E-state index in [1.807, 2.05) is 45.9 Å². The largest absolute Gasteiger partial charge is 0.496 e. The zero-order chi connectivity index (χ0) is 19.9. The standard InChI is InChI=1S/C21H32BClO3/c1-13(2)18(14(3)4)19(24-9)15-10-11-17(23)16(12-15)22-25-20(5,6)21(7,8)26-22/h10-14H,1-9H3. The van der Waals surface area contributed by atoms with E-state index in [2.05, 4.69) is 27.7 Å². The van der Waals surface area contributed by atoms with Crippen molar-refractivity contribution in [2.45, 2.75) is 66.6 Å². The molecule has 26 heavy (non-hydrogen) atoms. The molecule has 1 aliphatic rings. The molecule has 0 radical (unpaired) electrons. The van der Waals surface area contributed by atoms with E-state index in [9.17, 15) is 0 Å². The van der Waals surface area contributed by atoms with Gasteiger partial charge in [-0.05, 0) is 57.2 Å². The molecule has 0 saturated carbocycles. The molecular weight excluding hydrogens is 346 g/mol. The van der Waals surface area contributed by atoms with E-state index in [0.29, 0.717) is 16.9 Å². The summed E-state index contributed by atoms with van der Waals surface area (Å²) in [6.07, 6.45) is 0. The van der Waals surface area contributed by atoms with Gasteiger partial charge in [-0.15, -0.1) is 0 Å². The zero-order valence-corrected chi connectivity index (χ0v) is 18.3. The lowest BCUT2D eigenvalue weighted by Gasteiger charge is -2.32. The van der Waals surface area contributed by atoms with E-state index >= 15 is 0 Å². The van der Waals surface area contributed by atoms with Crippen LogP contribution in [-0.2, 0) is 14.0 Å². The van der Waals surface area contributed by atoms with Gasteiger partial charge in [-0.25, -0.2) is 0 Å². The molecule has 0 aromatic heterocycles. The van der Waals surface area contributed by atoms with E-state index in [1.165, 1.54) is 5.57 Å². The Hall–Kier alpha value is -0.965. The maximum atomic E-state index is 6.50. The normalized spacial score (nSPS) is 18.5. The number of allylic oxidation sites excluding steroid dienone is 1. The van der Waals surface area contributed by atoms with Gasteiger partial charge in [0.15, 0.2) is 0 Å². The molecule has 0 bridgehead atoms. The number of halogens is 1. The van der Waals surface area contributed by atoms with Gasteiger partial charge in [0.05, 0.1) is 18.3 Å². The first-order chi connectivity index (χ1) is 11.9. The van der Waals surface area contributed by atoms with Crippen LogP contribution in [0, 0.1) is 11.8 Å². The highest BCUT2D eigenvalue weighted by Crippen LogP contribution is 2.37. The molecule has 0 amide bonds. The Balaban J connectivity index is 2.53. The van der Waals surface area contributed by atoms with Crippen LogP contribution in [0.15, 0.2) is 23.8 Å². The van der Waals surface area contributed by atoms with Gasteiger partial charge >= 0.3 is 7.12 Å². The Morgan fingerprint density at radius 1 is 1.00 bits per heavy atom. The summed E-state index contributed by atoms with van der Waals surface area (Å²) in [6, 6.07) is 5.93. The highest BCUT2D eigenvalue weighted by Gasteiger charge is 2.52. The van der Waals surface area contributed by atoms with Gasteiger partial charge in [0.2, 0.25) is 0 Å². The Labute approximate surface area is 164 Å². The number of benzene rings is 1. The predicted octanol–water partition coefficient (Wildman–Crippen LogP) is 5.31. The van der Waals surface area contributed by atoms with Crippen LogP contribution in [0.1, 0.15) is 61.0 Å². The van der Waals surface area contributed by atoms with Crippen LogP contribution in [0.4, 0.5) is 0 Å². The molecule has 1 saturated heterocycles. The fourth-order valence-corrected chi connectivity index (χ4v) is 3.64. The summed E-state index contributed by atoms with van der Waals surface area (Å²) in [4.78, 5) is 0. The van der Waals surface area contributed by atoms with E-state index in [-0.39, 0.29) is 0 Å². The Morgan fingerprint density at radius 3 is 1.92 bits per heavy atom. The molecule has 1 aromatic carbocycles. The fourth-order valence-electron chi connectivity index (χ4n) is 3.43.